The third kappa shape index (κ3) is 2.09. The summed E-state index contributed by atoms with van der Waals surface area (Å²) < 4.78 is 19.5. The molecule has 3 rings (SSSR count). The van der Waals surface area contributed by atoms with Crippen molar-refractivity contribution in [3.8, 4) is 11.6 Å². The molecule has 0 radical (unpaired) electrons. The van der Waals surface area contributed by atoms with Crippen LogP contribution >= 0.6 is 27.3 Å². The van der Waals surface area contributed by atoms with Crippen LogP contribution in [0.3, 0.4) is 0 Å². The molecule has 0 amide bonds. The highest BCUT2D eigenvalue weighted by Gasteiger charge is 2.10. The number of rotatable bonds is 2. The molecule has 0 aliphatic carbocycles. The predicted octanol–water partition coefficient (Wildman–Crippen LogP) is 4.39. The summed E-state index contributed by atoms with van der Waals surface area (Å²) in [7, 11) is 0. The van der Waals surface area contributed by atoms with Crippen molar-refractivity contribution in [2.45, 2.75) is 0 Å². The maximum absolute atomic E-state index is 13.2. The third-order valence-electron chi connectivity index (χ3n) is 2.33. The SMILES string of the molecule is Fc1ccc(Br)c(Oc2ncnc3sccc23)c1. The molecule has 90 valence electrons. The lowest BCUT2D eigenvalue weighted by atomic mass is 10.3. The van der Waals surface area contributed by atoms with Crippen molar-refractivity contribution in [3.05, 3.63) is 46.3 Å². The molecule has 3 aromatic rings. The van der Waals surface area contributed by atoms with E-state index in [0.29, 0.717) is 16.1 Å². The second-order valence-corrected chi connectivity index (χ2v) is 5.24. The Hall–Kier alpha value is -1.53. The van der Waals surface area contributed by atoms with E-state index in [9.17, 15) is 4.39 Å². The van der Waals surface area contributed by atoms with Crippen LogP contribution in [-0.2, 0) is 0 Å². The number of fused-ring (bicyclic) bond motifs is 1. The second kappa shape index (κ2) is 4.62. The number of hydrogen-bond donors (Lipinski definition) is 0. The van der Waals surface area contributed by atoms with Crippen LogP contribution in [0.15, 0.2) is 40.4 Å². The average molecular weight is 325 g/mol. The van der Waals surface area contributed by atoms with Crippen molar-refractivity contribution in [3.63, 3.8) is 0 Å². The van der Waals surface area contributed by atoms with Crippen LogP contribution < -0.4 is 4.74 Å². The summed E-state index contributed by atoms with van der Waals surface area (Å²) in [5, 5.41) is 2.73. The monoisotopic (exact) mass is 324 g/mol. The summed E-state index contributed by atoms with van der Waals surface area (Å²) in [6.45, 7) is 0. The van der Waals surface area contributed by atoms with E-state index < -0.39 is 0 Å². The van der Waals surface area contributed by atoms with Crippen LogP contribution in [0.25, 0.3) is 10.2 Å². The molecule has 0 aliphatic heterocycles. The van der Waals surface area contributed by atoms with Crippen LogP contribution in [0.1, 0.15) is 0 Å². The maximum Gasteiger partial charge on any atom is 0.231 e. The quantitative estimate of drug-likeness (QED) is 0.701. The van der Waals surface area contributed by atoms with E-state index in [1.807, 2.05) is 11.4 Å². The summed E-state index contributed by atoms with van der Waals surface area (Å²) in [4.78, 5) is 9.04. The molecule has 0 saturated heterocycles. The Morgan fingerprint density at radius 2 is 2.11 bits per heavy atom. The number of aromatic nitrogens is 2. The van der Waals surface area contributed by atoms with Gasteiger partial charge in [-0.1, -0.05) is 0 Å². The Balaban J connectivity index is 2.06. The van der Waals surface area contributed by atoms with Gasteiger partial charge in [0, 0.05) is 6.07 Å². The van der Waals surface area contributed by atoms with E-state index in [1.54, 1.807) is 6.07 Å². The maximum atomic E-state index is 13.2. The van der Waals surface area contributed by atoms with Gasteiger partial charge >= 0.3 is 0 Å². The molecule has 2 aromatic heterocycles. The minimum absolute atomic E-state index is 0.358. The van der Waals surface area contributed by atoms with Crippen molar-refractivity contribution < 1.29 is 9.13 Å². The molecule has 0 unspecified atom stereocenters. The van der Waals surface area contributed by atoms with E-state index in [1.165, 1.54) is 29.8 Å². The molecule has 0 atom stereocenters. The van der Waals surface area contributed by atoms with Gasteiger partial charge in [-0.2, -0.15) is 0 Å². The van der Waals surface area contributed by atoms with Crippen molar-refractivity contribution in [2.75, 3.05) is 0 Å². The van der Waals surface area contributed by atoms with Crippen LogP contribution in [0.2, 0.25) is 0 Å². The molecule has 1 aromatic carbocycles. The highest BCUT2D eigenvalue weighted by molar-refractivity contribution is 9.10. The highest BCUT2D eigenvalue weighted by Crippen LogP contribution is 2.33. The minimum atomic E-state index is -0.358. The number of hydrogen-bond acceptors (Lipinski definition) is 4. The van der Waals surface area contributed by atoms with E-state index in [-0.39, 0.29) is 5.82 Å². The molecule has 0 aliphatic rings. The molecule has 0 spiro atoms. The van der Waals surface area contributed by atoms with Gasteiger partial charge in [0.25, 0.3) is 0 Å². The highest BCUT2D eigenvalue weighted by atomic mass is 79.9. The largest absolute Gasteiger partial charge is 0.437 e. The Kier molecular flexibility index (Phi) is 2.97. The molecular weight excluding hydrogens is 319 g/mol. The minimum Gasteiger partial charge on any atom is -0.437 e. The summed E-state index contributed by atoms with van der Waals surface area (Å²) in [6.07, 6.45) is 1.43. The summed E-state index contributed by atoms with van der Waals surface area (Å²) in [6, 6.07) is 6.14. The molecule has 3 nitrogen and oxygen atoms in total. The Labute approximate surface area is 114 Å². The fraction of sp³-hybridized carbons (Fsp3) is 0. The van der Waals surface area contributed by atoms with Gasteiger partial charge in [-0.05, 0) is 39.5 Å². The standard InChI is InChI=1S/C12H6BrFN2OS/c13-9-2-1-7(14)5-10(9)17-11-8-3-4-18-12(8)16-6-15-11/h1-6H. The fourth-order valence-electron chi connectivity index (χ4n) is 1.51. The Bertz CT molecular complexity index is 716. The Morgan fingerprint density at radius 1 is 1.22 bits per heavy atom. The van der Waals surface area contributed by atoms with E-state index in [2.05, 4.69) is 25.9 Å². The van der Waals surface area contributed by atoms with Crippen LogP contribution in [0.4, 0.5) is 4.39 Å². The van der Waals surface area contributed by atoms with Gasteiger partial charge in [-0.25, -0.2) is 14.4 Å². The first-order valence-corrected chi connectivity index (χ1v) is 6.72. The predicted molar refractivity (Wildman–Crippen MR) is 71.6 cm³/mol. The van der Waals surface area contributed by atoms with Gasteiger partial charge in [0.05, 0.1) is 9.86 Å². The van der Waals surface area contributed by atoms with E-state index >= 15 is 0 Å². The van der Waals surface area contributed by atoms with Gasteiger partial charge in [0.2, 0.25) is 5.88 Å². The lowest BCUT2D eigenvalue weighted by Crippen LogP contribution is -1.91. The first-order chi connectivity index (χ1) is 8.74. The number of benzene rings is 1. The number of ether oxygens (including phenoxy) is 1. The van der Waals surface area contributed by atoms with Gasteiger partial charge < -0.3 is 4.74 Å². The van der Waals surface area contributed by atoms with E-state index in [4.69, 9.17) is 4.74 Å². The molecule has 18 heavy (non-hydrogen) atoms. The number of thiophene rings is 1. The normalized spacial score (nSPS) is 10.8. The van der Waals surface area contributed by atoms with Crippen molar-refractivity contribution in [1.29, 1.82) is 0 Å². The molecule has 0 fully saturated rings. The van der Waals surface area contributed by atoms with Gasteiger partial charge in [0.15, 0.2) is 0 Å². The third-order valence-corrected chi connectivity index (χ3v) is 3.80. The number of halogens is 2. The smallest absolute Gasteiger partial charge is 0.231 e. The van der Waals surface area contributed by atoms with Crippen LogP contribution in [0.5, 0.6) is 11.6 Å². The molecule has 2 heterocycles. The zero-order chi connectivity index (χ0) is 12.5. The average Bonchev–Trinajstić information content (AvgIpc) is 2.83. The molecule has 6 heteroatoms. The summed E-state index contributed by atoms with van der Waals surface area (Å²) in [5.41, 5.74) is 0. The van der Waals surface area contributed by atoms with Crippen molar-refractivity contribution in [2.24, 2.45) is 0 Å². The molecular formula is C12H6BrFN2OS. The Morgan fingerprint density at radius 3 is 3.00 bits per heavy atom. The molecule has 0 bridgehead atoms. The second-order valence-electron chi connectivity index (χ2n) is 3.50. The van der Waals surface area contributed by atoms with Gasteiger partial charge in [0.1, 0.15) is 22.7 Å². The lowest BCUT2D eigenvalue weighted by Gasteiger charge is -2.07. The fourth-order valence-corrected chi connectivity index (χ4v) is 2.56. The molecule has 0 N–H and O–H groups in total. The first kappa shape index (κ1) is 11.6. The lowest BCUT2D eigenvalue weighted by molar-refractivity contribution is 0.460. The van der Waals surface area contributed by atoms with Crippen molar-refractivity contribution in [1.82, 2.24) is 9.97 Å². The zero-order valence-corrected chi connectivity index (χ0v) is 11.3. The number of nitrogens with zero attached hydrogens (tertiary/aromatic N) is 2. The van der Waals surface area contributed by atoms with Crippen molar-refractivity contribution >= 4 is 37.5 Å². The van der Waals surface area contributed by atoms with Crippen LogP contribution in [-0.4, -0.2) is 9.97 Å². The summed E-state index contributed by atoms with van der Waals surface area (Å²) in [5.74, 6) is 0.456. The molecule has 0 saturated carbocycles. The zero-order valence-electron chi connectivity index (χ0n) is 8.93. The van der Waals surface area contributed by atoms with E-state index in [0.717, 1.165) is 10.2 Å². The topological polar surface area (TPSA) is 35.0 Å². The summed E-state index contributed by atoms with van der Waals surface area (Å²) >= 11 is 4.81. The van der Waals surface area contributed by atoms with Gasteiger partial charge in [-0.15, -0.1) is 11.3 Å². The van der Waals surface area contributed by atoms with Crippen LogP contribution in [0, 0.1) is 5.82 Å². The first-order valence-electron chi connectivity index (χ1n) is 5.05. The van der Waals surface area contributed by atoms with Gasteiger partial charge in [-0.3, -0.25) is 0 Å².